The lowest BCUT2D eigenvalue weighted by Gasteiger charge is -2.00. The monoisotopic (exact) mass is 254 g/mol. The number of hydrogen-bond donors (Lipinski definition) is 1. The molecule has 0 amide bonds. The number of nitrogens with zero attached hydrogens (tertiary/aromatic N) is 5. The summed E-state index contributed by atoms with van der Waals surface area (Å²) in [5.41, 5.74) is 1.83. The van der Waals surface area contributed by atoms with E-state index in [9.17, 15) is 0 Å². The van der Waals surface area contributed by atoms with Crippen molar-refractivity contribution < 1.29 is 0 Å². The lowest BCUT2D eigenvalue weighted by Crippen LogP contribution is -1.87. The molecule has 7 heteroatoms. The molecule has 0 aromatic carbocycles. The molecule has 6 nitrogen and oxygen atoms in total. The Bertz CT molecular complexity index is 727. The average molecular weight is 254 g/mol. The minimum absolute atomic E-state index is 0.397. The highest BCUT2D eigenvalue weighted by Crippen LogP contribution is 2.28. The number of hydrogen-bond acceptors (Lipinski definition) is 6. The molecule has 0 aliphatic carbocycles. The first-order valence-corrected chi connectivity index (χ1v) is 5.86. The Morgan fingerprint density at radius 1 is 1.17 bits per heavy atom. The van der Waals surface area contributed by atoms with Gasteiger partial charge in [0.1, 0.15) is 28.6 Å². The number of aromatic amines is 1. The third-order valence-corrected chi connectivity index (χ3v) is 3.23. The minimum atomic E-state index is 0.397. The number of fused-ring (bicyclic) bond motifs is 1. The molecule has 0 bridgehead atoms. The van der Waals surface area contributed by atoms with Crippen LogP contribution < -0.4 is 0 Å². The van der Waals surface area contributed by atoms with Crippen LogP contribution in [0.25, 0.3) is 11.2 Å². The van der Waals surface area contributed by atoms with E-state index in [1.54, 1.807) is 18.6 Å². The standard InChI is InChI=1S/C11H6N6S/c12-3-7-1-2-8(4-13-7)18-11-9-10(15-5-14-9)16-6-17-11/h1-2,4-6H,(H,14,15,16,17). The van der Waals surface area contributed by atoms with Crippen molar-refractivity contribution in [3.63, 3.8) is 0 Å². The Balaban J connectivity index is 1.96. The zero-order valence-corrected chi connectivity index (χ0v) is 9.85. The zero-order valence-electron chi connectivity index (χ0n) is 9.03. The fourth-order valence-electron chi connectivity index (χ4n) is 1.44. The van der Waals surface area contributed by atoms with Gasteiger partial charge in [-0.15, -0.1) is 0 Å². The third kappa shape index (κ3) is 1.89. The molecule has 0 aliphatic heterocycles. The molecule has 0 radical (unpaired) electrons. The molecule has 3 heterocycles. The normalized spacial score (nSPS) is 10.4. The molecule has 0 atom stereocenters. The maximum absolute atomic E-state index is 8.68. The van der Waals surface area contributed by atoms with E-state index in [0.29, 0.717) is 11.3 Å². The average Bonchev–Trinajstić information content (AvgIpc) is 2.89. The smallest absolute Gasteiger partial charge is 0.181 e. The van der Waals surface area contributed by atoms with Gasteiger partial charge in [-0.1, -0.05) is 11.8 Å². The van der Waals surface area contributed by atoms with Gasteiger partial charge in [-0.05, 0) is 12.1 Å². The Hall–Kier alpha value is -2.46. The summed E-state index contributed by atoms with van der Waals surface area (Å²) in [4.78, 5) is 20.2. The Morgan fingerprint density at radius 3 is 2.89 bits per heavy atom. The summed E-state index contributed by atoms with van der Waals surface area (Å²) in [5.74, 6) is 0. The highest BCUT2D eigenvalue weighted by Gasteiger charge is 2.07. The largest absolute Gasteiger partial charge is 0.341 e. The number of pyridine rings is 1. The van der Waals surface area contributed by atoms with Crippen LogP contribution >= 0.6 is 11.8 Å². The molecule has 0 aliphatic rings. The number of nitrogens with one attached hydrogen (secondary N) is 1. The van der Waals surface area contributed by atoms with Gasteiger partial charge in [0.15, 0.2) is 5.65 Å². The predicted molar refractivity (Wildman–Crippen MR) is 64.8 cm³/mol. The minimum Gasteiger partial charge on any atom is -0.341 e. The van der Waals surface area contributed by atoms with Crippen LogP contribution in [-0.2, 0) is 0 Å². The molecule has 3 aromatic rings. The quantitative estimate of drug-likeness (QED) is 0.701. The summed E-state index contributed by atoms with van der Waals surface area (Å²) < 4.78 is 0. The second-order valence-electron chi connectivity index (χ2n) is 3.37. The number of rotatable bonds is 2. The Morgan fingerprint density at radius 2 is 2.11 bits per heavy atom. The van der Waals surface area contributed by atoms with E-state index in [4.69, 9.17) is 5.26 Å². The zero-order chi connectivity index (χ0) is 12.4. The van der Waals surface area contributed by atoms with Crippen LogP contribution in [0.5, 0.6) is 0 Å². The fraction of sp³-hybridized carbons (Fsp3) is 0. The summed E-state index contributed by atoms with van der Waals surface area (Å²) in [6.45, 7) is 0. The second kappa shape index (κ2) is 4.43. The van der Waals surface area contributed by atoms with Crippen LogP contribution in [-0.4, -0.2) is 24.9 Å². The van der Waals surface area contributed by atoms with Gasteiger partial charge in [0.25, 0.3) is 0 Å². The van der Waals surface area contributed by atoms with Crippen LogP contribution in [0, 0.1) is 11.3 Å². The van der Waals surface area contributed by atoms with Crippen molar-refractivity contribution in [3.05, 3.63) is 36.7 Å². The van der Waals surface area contributed by atoms with Crippen LogP contribution in [0.1, 0.15) is 5.69 Å². The molecule has 0 saturated carbocycles. The molecule has 0 spiro atoms. The summed E-state index contributed by atoms with van der Waals surface area (Å²) in [6.07, 6.45) is 4.70. The summed E-state index contributed by atoms with van der Waals surface area (Å²) >= 11 is 1.45. The SMILES string of the molecule is N#Cc1ccc(Sc2ncnc3nc[nH]c23)cn1. The number of nitriles is 1. The first-order valence-electron chi connectivity index (χ1n) is 5.05. The first-order chi connectivity index (χ1) is 8.86. The molecule has 0 unspecified atom stereocenters. The van der Waals surface area contributed by atoms with E-state index in [2.05, 4.69) is 24.9 Å². The molecular formula is C11H6N6S. The second-order valence-corrected chi connectivity index (χ2v) is 4.44. The van der Waals surface area contributed by atoms with Crippen molar-refractivity contribution in [2.75, 3.05) is 0 Å². The summed E-state index contributed by atoms with van der Waals surface area (Å²) in [5, 5.41) is 9.46. The van der Waals surface area contributed by atoms with Crippen molar-refractivity contribution in [3.8, 4) is 6.07 Å². The lowest BCUT2D eigenvalue weighted by atomic mass is 10.4. The van der Waals surface area contributed by atoms with E-state index < -0.39 is 0 Å². The van der Waals surface area contributed by atoms with E-state index in [1.807, 2.05) is 12.1 Å². The van der Waals surface area contributed by atoms with E-state index in [1.165, 1.54) is 18.1 Å². The van der Waals surface area contributed by atoms with E-state index in [0.717, 1.165) is 15.4 Å². The molecular weight excluding hydrogens is 248 g/mol. The van der Waals surface area contributed by atoms with Gasteiger partial charge in [-0.3, -0.25) is 0 Å². The van der Waals surface area contributed by atoms with E-state index >= 15 is 0 Å². The van der Waals surface area contributed by atoms with Crippen LogP contribution in [0.4, 0.5) is 0 Å². The topological polar surface area (TPSA) is 91.1 Å². The maximum Gasteiger partial charge on any atom is 0.181 e. The van der Waals surface area contributed by atoms with Gasteiger partial charge >= 0.3 is 0 Å². The number of imidazole rings is 1. The molecule has 3 rings (SSSR count). The van der Waals surface area contributed by atoms with Gasteiger partial charge in [-0.25, -0.2) is 19.9 Å². The fourth-order valence-corrected chi connectivity index (χ4v) is 2.26. The number of aromatic nitrogens is 5. The van der Waals surface area contributed by atoms with Crippen LogP contribution in [0.2, 0.25) is 0 Å². The third-order valence-electron chi connectivity index (χ3n) is 2.25. The molecule has 1 N–H and O–H groups in total. The highest BCUT2D eigenvalue weighted by atomic mass is 32.2. The van der Waals surface area contributed by atoms with Crippen molar-refractivity contribution >= 4 is 22.9 Å². The van der Waals surface area contributed by atoms with Crippen molar-refractivity contribution in [1.82, 2.24) is 24.9 Å². The Labute approximate surface area is 106 Å². The van der Waals surface area contributed by atoms with Gasteiger partial charge < -0.3 is 4.98 Å². The van der Waals surface area contributed by atoms with E-state index in [-0.39, 0.29) is 0 Å². The molecule has 18 heavy (non-hydrogen) atoms. The maximum atomic E-state index is 8.68. The van der Waals surface area contributed by atoms with Gasteiger partial charge in [0.2, 0.25) is 0 Å². The van der Waals surface area contributed by atoms with Crippen molar-refractivity contribution in [1.29, 1.82) is 5.26 Å². The van der Waals surface area contributed by atoms with Gasteiger partial charge in [0, 0.05) is 11.1 Å². The van der Waals surface area contributed by atoms with Gasteiger partial charge in [-0.2, -0.15) is 5.26 Å². The Kier molecular flexibility index (Phi) is 2.63. The molecule has 3 aromatic heterocycles. The summed E-state index contributed by atoms with van der Waals surface area (Å²) in [6, 6.07) is 5.49. The molecule has 86 valence electrons. The first kappa shape index (κ1) is 10.7. The molecule has 0 fully saturated rings. The van der Waals surface area contributed by atoms with Gasteiger partial charge in [0.05, 0.1) is 6.33 Å². The van der Waals surface area contributed by atoms with Crippen LogP contribution in [0.3, 0.4) is 0 Å². The van der Waals surface area contributed by atoms with Crippen molar-refractivity contribution in [2.45, 2.75) is 9.92 Å². The number of H-pyrrole nitrogens is 1. The van der Waals surface area contributed by atoms with Crippen molar-refractivity contribution in [2.24, 2.45) is 0 Å². The highest BCUT2D eigenvalue weighted by molar-refractivity contribution is 7.99. The van der Waals surface area contributed by atoms with Crippen LogP contribution in [0.15, 0.2) is 40.9 Å². The summed E-state index contributed by atoms with van der Waals surface area (Å²) in [7, 11) is 0. The predicted octanol–water partition coefficient (Wildman–Crippen LogP) is 1.77. The lowest BCUT2D eigenvalue weighted by molar-refractivity contribution is 1.08. The molecule has 0 saturated heterocycles.